The van der Waals surface area contributed by atoms with Crippen molar-refractivity contribution < 1.29 is 0 Å². The zero-order valence-corrected chi connectivity index (χ0v) is 12.2. The Morgan fingerprint density at radius 2 is 1.89 bits per heavy atom. The molecule has 3 nitrogen and oxygen atoms in total. The molecule has 1 fully saturated rings. The molecule has 3 heteroatoms. The van der Waals surface area contributed by atoms with Crippen LogP contribution in [-0.4, -0.2) is 35.6 Å². The van der Waals surface area contributed by atoms with Crippen LogP contribution in [0.1, 0.15) is 16.8 Å². The predicted molar refractivity (Wildman–Crippen MR) is 80.5 cm³/mol. The fraction of sp³-hybridized carbons (Fsp3) is 0.500. The van der Waals surface area contributed by atoms with E-state index in [1.807, 2.05) is 0 Å². The molecule has 102 valence electrons. The van der Waals surface area contributed by atoms with Crippen molar-refractivity contribution in [2.24, 2.45) is 7.05 Å². The molecule has 2 heterocycles. The highest BCUT2D eigenvalue weighted by atomic mass is 15.2. The first-order valence-corrected chi connectivity index (χ1v) is 7.14. The quantitative estimate of drug-likeness (QED) is 0.890. The van der Waals surface area contributed by atoms with Crippen molar-refractivity contribution in [3.63, 3.8) is 0 Å². The summed E-state index contributed by atoms with van der Waals surface area (Å²) in [7, 11) is 2.20. The molecular weight excluding hydrogens is 234 g/mol. The molecule has 0 saturated carbocycles. The molecule has 0 amide bonds. The van der Waals surface area contributed by atoms with E-state index >= 15 is 0 Å². The van der Waals surface area contributed by atoms with Crippen LogP contribution in [-0.2, 0) is 13.6 Å². The predicted octanol–water partition coefficient (Wildman–Crippen LogP) is 2.20. The van der Waals surface area contributed by atoms with Crippen molar-refractivity contribution >= 4 is 10.9 Å². The molecule has 1 aliphatic rings. The third-order valence-electron chi connectivity index (χ3n) is 4.34. The van der Waals surface area contributed by atoms with Gasteiger partial charge in [-0.05, 0) is 31.5 Å². The molecule has 0 atom stereocenters. The molecular formula is C16H23N3. The fourth-order valence-electron chi connectivity index (χ4n) is 3.10. The first-order valence-electron chi connectivity index (χ1n) is 7.14. The largest absolute Gasteiger partial charge is 0.346 e. The lowest BCUT2D eigenvalue weighted by Gasteiger charge is -2.27. The van der Waals surface area contributed by atoms with E-state index in [2.05, 4.69) is 53.9 Å². The number of fused-ring (bicyclic) bond motifs is 1. The number of nitrogens with one attached hydrogen (secondary N) is 1. The van der Waals surface area contributed by atoms with Crippen LogP contribution in [0.5, 0.6) is 0 Å². The van der Waals surface area contributed by atoms with Gasteiger partial charge in [-0.2, -0.15) is 0 Å². The van der Waals surface area contributed by atoms with E-state index in [1.54, 1.807) is 0 Å². The molecule has 3 rings (SSSR count). The Labute approximate surface area is 115 Å². The molecule has 0 bridgehead atoms. The van der Waals surface area contributed by atoms with E-state index in [-0.39, 0.29) is 0 Å². The zero-order valence-electron chi connectivity index (χ0n) is 12.2. The summed E-state index contributed by atoms with van der Waals surface area (Å²) in [5, 5.41) is 4.83. The van der Waals surface area contributed by atoms with E-state index < -0.39 is 0 Å². The highest BCUT2D eigenvalue weighted by Crippen LogP contribution is 2.26. The number of hydrogen-bond acceptors (Lipinski definition) is 2. The number of hydrogen-bond donors (Lipinski definition) is 1. The van der Waals surface area contributed by atoms with Crippen molar-refractivity contribution in [2.45, 2.75) is 20.4 Å². The van der Waals surface area contributed by atoms with Crippen LogP contribution in [0, 0.1) is 13.8 Å². The second-order valence-corrected chi connectivity index (χ2v) is 5.68. The van der Waals surface area contributed by atoms with Crippen LogP contribution in [0.25, 0.3) is 10.9 Å². The van der Waals surface area contributed by atoms with Crippen molar-refractivity contribution in [3.05, 3.63) is 35.0 Å². The van der Waals surface area contributed by atoms with Gasteiger partial charge in [0, 0.05) is 56.4 Å². The van der Waals surface area contributed by atoms with Crippen molar-refractivity contribution in [3.8, 4) is 0 Å². The van der Waals surface area contributed by atoms with E-state index in [0.717, 1.165) is 32.7 Å². The minimum absolute atomic E-state index is 1.07. The molecule has 0 aliphatic carbocycles. The Kier molecular flexibility index (Phi) is 3.33. The zero-order chi connectivity index (χ0) is 13.4. The summed E-state index contributed by atoms with van der Waals surface area (Å²) in [6, 6.07) is 6.77. The van der Waals surface area contributed by atoms with Gasteiger partial charge in [-0.15, -0.1) is 0 Å². The maximum absolute atomic E-state index is 3.42. The number of benzene rings is 1. The number of aromatic nitrogens is 1. The lowest BCUT2D eigenvalue weighted by Crippen LogP contribution is -2.43. The maximum Gasteiger partial charge on any atom is 0.0483 e. The summed E-state index contributed by atoms with van der Waals surface area (Å²) in [5.74, 6) is 0. The first-order chi connectivity index (χ1) is 9.16. The summed E-state index contributed by atoms with van der Waals surface area (Å²) in [6.45, 7) is 10.0. The third-order valence-corrected chi connectivity index (χ3v) is 4.34. The Morgan fingerprint density at radius 1 is 1.16 bits per heavy atom. The van der Waals surface area contributed by atoms with Gasteiger partial charge in [0.2, 0.25) is 0 Å². The smallest absolute Gasteiger partial charge is 0.0483 e. The van der Waals surface area contributed by atoms with Crippen LogP contribution < -0.4 is 5.32 Å². The Hall–Kier alpha value is -1.32. The standard InChI is InChI=1S/C16H23N3/c1-12-4-5-15-14(10-12)13(2)16(18(15)3)11-19-8-6-17-7-9-19/h4-5,10,17H,6-9,11H2,1-3H3. The minimum atomic E-state index is 1.07. The number of piperazine rings is 1. The molecule has 0 unspecified atom stereocenters. The van der Waals surface area contributed by atoms with Gasteiger partial charge in [0.15, 0.2) is 0 Å². The highest BCUT2D eigenvalue weighted by Gasteiger charge is 2.16. The molecule has 1 aromatic heterocycles. The van der Waals surface area contributed by atoms with Gasteiger partial charge >= 0.3 is 0 Å². The van der Waals surface area contributed by atoms with E-state index in [1.165, 1.54) is 27.7 Å². The Balaban J connectivity index is 1.98. The second kappa shape index (κ2) is 4.99. The SMILES string of the molecule is Cc1ccc2c(c1)c(C)c(CN1CCNCC1)n2C. The maximum atomic E-state index is 3.42. The van der Waals surface area contributed by atoms with Crippen LogP contribution in [0.2, 0.25) is 0 Å². The third kappa shape index (κ3) is 2.28. The Bertz CT molecular complexity index is 592. The summed E-state index contributed by atoms with van der Waals surface area (Å²) in [4.78, 5) is 2.55. The topological polar surface area (TPSA) is 20.2 Å². The molecule has 0 spiro atoms. The average molecular weight is 257 g/mol. The monoisotopic (exact) mass is 257 g/mol. The van der Waals surface area contributed by atoms with Gasteiger partial charge in [0.1, 0.15) is 0 Å². The molecule has 19 heavy (non-hydrogen) atoms. The van der Waals surface area contributed by atoms with Gasteiger partial charge in [-0.3, -0.25) is 4.90 Å². The summed E-state index contributed by atoms with van der Waals surface area (Å²) in [6.07, 6.45) is 0. The van der Waals surface area contributed by atoms with E-state index in [9.17, 15) is 0 Å². The lowest BCUT2D eigenvalue weighted by atomic mass is 10.1. The minimum Gasteiger partial charge on any atom is -0.346 e. The molecule has 2 aromatic rings. The van der Waals surface area contributed by atoms with Crippen LogP contribution in [0.3, 0.4) is 0 Å². The molecule has 0 radical (unpaired) electrons. The van der Waals surface area contributed by atoms with Gasteiger partial charge in [-0.1, -0.05) is 11.6 Å². The fourth-order valence-corrected chi connectivity index (χ4v) is 3.10. The van der Waals surface area contributed by atoms with Crippen molar-refractivity contribution in [1.82, 2.24) is 14.8 Å². The van der Waals surface area contributed by atoms with Crippen molar-refractivity contribution in [1.29, 1.82) is 0 Å². The van der Waals surface area contributed by atoms with Crippen LogP contribution in [0.15, 0.2) is 18.2 Å². The molecule has 1 aliphatic heterocycles. The molecule has 1 saturated heterocycles. The van der Waals surface area contributed by atoms with Gasteiger partial charge in [0.25, 0.3) is 0 Å². The van der Waals surface area contributed by atoms with Gasteiger partial charge in [0.05, 0.1) is 0 Å². The molecule has 1 aromatic carbocycles. The van der Waals surface area contributed by atoms with Gasteiger partial charge in [-0.25, -0.2) is 0 Å². The lowest BCUT2D eigenvalue weighted by molar-refractivity contribution is 0.228. The summed E-state index contributed by atoms with van der Waals surface area (Å²) < 4.78 is 2.37. The number of nitrogens with zero attached hydrogens (tertiary/aromatic N) is 2. The van der Waals surface area contributed by atoms with E-state index in [0.29, 0.717) is 0 Å². The van der Waals surface area contributed by atoms with Crippen LogP contribution >= 0.6 is 0 Å². The highest BCUT2D eigenvalue weighted by molar-refractivity contribution is 5.85. The van der Waals surface area contributed by atoms with Crippen LogP contribution in [0.4, 0.5) is 0 Å². The average Bonchev–Trinajstić information content (AvgIpc) is 2.65. The van der Waals surface area contributed by atoms with Gasteiger partial charge < -0.3 is 9.88 Å². The Morgan fingerprint density at radius 3 is 2.63 bits per heavy atom. The summed E-state index contributed by atoms with van der Waals surface area (Å²) in [5.41, 5.74) is 5.60. The van der Waals surface area contributed by atoms with E-state index in [4.69, 9.17) is 0 Å². The number of aryl methyl sites for hydroxylation is 3. The normalized spacial score (nSPS) is 17.2. The first kappa shape index (κ1) is 12.7. The number of rotatable bonds is 2. The summed E-state index contributed by atoms with van der Waals surface area (Å²) >= 11 is 0. The second-order valence-electron chi connectivity index (χ2n) is 5.68. The molecule has 1 N–H and O–H groups in total. The van der Waals surface area contributed by atoms with Crippen molar-refractivity contribution in [2.75, 3.05) is 26.2 Å².